The smallest absolute Gasteiger partial charge is 0.313 e. The Morgan fingerprint density at radius 1 is 1.47 bits per heavy atom. The van der Waals surface area contributed by atoms with E-state index in [9.17, 15) is 14.4 Å². The van der Waals surface area contributed by atoms with Crippen molar-refractivity contribution in [3.63, 3.8) is 0 Å². The summed E-state index contributed by atoms with van der Waals surface area (Å²) < 4.78 is 1.02. The van der Waals surface area contributed by atoms with Crippen LogP contribution in [0, 0.1) is 6.92 Å². The van der Waals surface area contributed by atoms with Crippen molar-refractivity contribution < 1.29 is 4.79 Å². The molecule has 0 aliphatic rings. The molecular weight excluding hydrogens is 266 g/mol. The molecule has 1 atom stereocenters. The standard InChI is InChI=1S/C12H13N3O3S/c1-6-5-19-10(14-6)7(2)15-11(17)9(8(3)16)4-13-12(15)18/h4-5,7H,1-3H3,(H,13,18). The van der Waals surface area contributed by atoms with Crippen molar-refractivity contribution in [2.45, 2.75) is 26.8 Å². The van der Waals surface area contributed by atoms with E-state index in [-0.39, 0.29) is 11.3 Å². The first kappa shape index (κ1) is 13.4. The van der Waals surface area contributed by atoms with Gasteiger partial charge in [0, 0.05) is 17.3 Å². The van der Waals surface area contributed by atoms with Crippen LogP contribution in [0.4, 0.5) is 0 Å². The number of nitrogens with zero attached hydrogens (tertiary/aromatic N) is 2. The van der Waals surface area contributed by atoms with E-state index in [0.29, 0.717) is 5.01 Å². The summed E-state index contributed by atoms with van der Waals surface area (Å²) in [4.78, 5) is 42.0. The van der Waals surface area contributed by atoms with Crippen molar-refractivity contribution in [3.8, 4) is 0 Å². The Morgan fingerprint density at radius 2 is 2.16 bits per heavy atom. The SMILES string of the molecule is CC(=O)c1c[nH]c(=O)n(C(C)c2nc(C)cs2)c1=O. The Morgan fingerprint density at radius 3 is 2.68 bits per heavy atom. The molecule has 0 radical (unpaired) electrons. The number of aromatic nitrogens is 3. The van der Waals surface area contributed by atoms with Crippen LogP contribution in [0.3, 0.4) is 0 Å². The minimum absolute atomic E-state index is 0.0280. The largest absolute Gasteiger partial charge is 0.329 e. The highest BCUT2D eigenvalue weighted by Gasteiger charge is 2.19. The van der Waals surface area contributed by atoms with Gasteiger partial charge in [-0.1, -0.05) is 0 Å². The van der Waals surface area contributed by atoms with Crippen LogP contribution in [0.2, 0.25) is 0 Å². The van der Waals surface area contributed by atoms with Gasteiger partial charge in [-0.25, -0.2) is 9.78 Å². The van der Waals surface area contributed by atoms with Crippen LogP contribution >= 0.6 is 11.3 Å². The molecule has 19 heavy (non-hydrogen) atoms. The van der Waals surface area contributed by atoms with Gasteiger partial charge in [0.05, 0.1) is 11.6 Å². The third kappa shape index (κ3) is 2.41. The molecule has 6 nitrogen and oxygen atoms in total. The van der Waals surface area contributed by atoms with Gasteiger partial charge in [0.2, 0.25) is 0 Å². The molecule has 0 aliphatic heterocycles. The fraction of sp³-hybridized carbons (Fsp3) is 0.333. The Hall–Kier alpha value is -2.02. The van der Waals surface area contributed by atoms with E-state index in [2.05, 4.69) is 9.97 Å². The Balaban J connectivity index is 2.62. The molecule has 2 rings (SSSR count). The predicted octanol–water partition coefficient (Wildman–Crippen LogP) is 1.11. The van der Waals surface area contributed by atoms with Gasteiger partial charge < -0.3 is 4.98 Å². The zero-order valence-electron chi connectivity index (χ0n) is 10.8. The van der Waals surface area contributed by atoms with Crippen LogP contribution in [0.5, 0.6) is 0 Å². The molecule has 100 valence electrons. The van der Waals surface area contributed by atoms with Crippen molar-refractivity contribution in [3.05, 3.63) is 48.7 Å². The maximum absolute atomic E-state index is 12.2. The number of H-pyrrole nitrogens is 1. The molecule has 0 saturated heterocycles. The molecule has 0 saturated carbocycles. The topological polar surface area (TPSA) is 84.8 Å². The zero-order valence-corrected chi connectivity index (χ0v) is 11.6. The van der Waals surface area contributed by atoms with Crippen LogP contribution in [-0.2, 0) is 0 Å². The molecule has 2 heterocycles. The van der Waals surface area contributed by atoms with Gasteiger partial charge in [0.25, 0.3) is 5.56 Å². The Bertz CT molecular complexity index is 741. The number of aryl methyl sites for hydroxylation is 1. The van der Waals surface area contributed by atoms with E-state index in [0.717, 1.165) is 16.5 Å². The first-order valence-electron chi connectivity index (χ1n) is 5.69. The molecular formula is C12H13N3O3S. The highest BCUT2D eigenvalue weighted by molar-refractivity contribution is 7.09. The van der Waals surface area contributed by atoms with Crippen molar-refractivity contribution in [1.82, 2.24) is 14.5 Å². The zero-order chi connectivity index (χ0) is 14.2. The minimum Gasteiger partial charge on any atom is -0.313 e. The number of nitrogens with one attached hydrogen (secondary N) is 1. The van der Waals surface area contributed by atoms with E-state index >= 15 is 0 Å². The molecule has 1 N–H and O–H groups in total. The second-order valence-electron chi connectivity index (χ2n) is 4.24. The van der Waals surface area contributed by atoms with E-state index in [1.54, 1.807) is 6.92 Å². The summed E-state index contributed by atoms with van der Waals surface area (Å²) in [7, 11) is 0. The van der Waals surface area contributed by atoms with Crippen molar-refractivity contribution in [1.29, 1.82) is 0 Å². The second-order valence-corrected chi connectivity index (χ2v) is 5.13. The van der Waals surface area contributed by atoms with Crippen LogP contribution in [0.1, 0.15) is 40.9 Å². The number of ketones is 1. The maximum atomic E-state index is 12.2. The monoisotopic (exact) mass is 279 g/mol. The van der Waals surface area contributed by atoms with Gasteiger partial charge in [-0.05, 0) is 20.8 Å². The lowest BCUT2D eigenvalue weighted by molar-refractivity contribution is 0.101. The average molecular weight is 279 g/mol. The number of carbonyl (C=O) groups excluding carboxylic acids is 1. The van der Waals surface area contributed by atoms with Crippen molar-refractivity contribution in [2.24, 2.45) is 0 Å². The molecule has 0 bridgehead atoms. The molecule has 0 fully saturated rings. The van der Waals surface area contributed by atoms with Crippen LogP contribution < -0.4 is 11.2 Å². The molecule has 0 spiro atoms. The van der Waals surface area contributed by atoms with E-state index in [1.807, 2.05) is 12.3 Å². The first-order valence-corrected chi connectivity index (χ1v) is 6.57. The van der Waals surface area contributed by atoms with Gasteiger partial charge in [0.1, 0.15) is 5.01 Å². The number of hydrogen-bond acceptors (Lipinski definition) is 5. The maximum Gasteiger partial charge on any atom is 0.329 e. The summed E-state index contributed by atoms with van der Waals surface area (Å²) in [5.41, 5.74) is -0.328. The summed E-state index contributed by atoms with van der Waals surface area (Å²) >= 11 is 1.38. The number of Topliss-reactive ketones (excluding diaryl/α,β-unsaturated/α-hetero) is 1. The summed E-state index contributed by atoms with van der Waals surface area (Å²) in [5, 5.41) is 2.51. The summed E-state index contributed by atoms with van der Waals surface area (Å²) in [6.45, 7) is 4.84. The fourth-order valence-electron chi connectivity index (χ4n) is 1.77. The Labute approximate surface area is 112 Å². The third-order valence-corrected chi connectivity index (χ3v) is 3.90. The van der Waals surface area contributed by atoms with E-state index in [1.165, 1.54) is 18.3 Å². The van der Waals surface area contributed by atoms with Gasteiger partial charge in [0.15, 0.2) is 5.78 Å². The number of rotatable bonds is 3. The molecule has 2 aromatic heterocycles. The van der Waals surface area contributed by atoms with Crippen LogP contribution in [-0.4, -0.2) is 20.3 Å². The lowest BCUT2D eigenvalue weighted by Crippen LogP contribution is -2.39. The fourth-order valence-corrected chi connectivity index (χ4v) is 2.61. The van der Waals surface area contributed by atoms with Crippen LogP contribution in [0.25, 0.3) is 0 Å². The highest BCUT2D eigenvalue weighted by Crippen LogP contribution is 2.19. The highest BCUT2D eigenvalue weighted by atomic mass is 32.1. The lowest BCUT2D eigenvalue weighted by atomic mass is 10.2. The van der Waals surface area contributed by atoms with E-state index in [4.69, 9.17) is 0 Å². The predicted molar refractivity (Wildman–Crippen MR) is 72.0 cm³/mol. The molecule has 0 aliphatic carbocycles. The van der Waals surface area contributed by atoms with Gasteiger partial charge in [-0.2, -0.15) is 0 Å². The van der Waals surface area contributed by atoms with Crippen molar-refractivity contribution in [2.75, 3.05) is 0 Å². The molecule has 0 aromatic carbocycles. The van der Waals surface area contributed by atoms with E-state index < -0.39 is 17.3 Å². The Kier molecular flexibility index (Phi) is 3.48. The van der Waals surface area contributed by atoms with Crippen molar-refractivity contribution >= 4 is 17.1 Å². The molecule has 2 aromatic rings. The minimum atomic E-state index is -0.586. The lowest BCUT2D eigenvalue weighted by Gasteiger charge is -2.11. The quantitative estimate of drug-likeness (QED) is 0.853. The number of carbonyl (C=O) groups is 1. The summed E-state index contributed by atoms with van der Waals surface area (Å²) in [5.74, 6) is -0.377. The third-order valence-electron chi connectivity index (χ3n) is 2.77. The molecule has 1 unspecified atom stereocenters. The average Bonchev–Trinajstić information content (AvgIpc) is 2.75. The second kappa shape index (κ2) is 4.93. The molecule has 0 amide bonds. The van der Waals surface area contributed by atoms with Gasteiger partial charge >= 0.3 is 5.69 Å². The first-order chi connectivity index (χ1) is 8.91. The number of aromatic amines is 1. The molecule has 7 heteroatoms. The number of hydrogen-bond donors (Lipinski definition) is 1. The van der Waals surface area contributed by atoms with Gasteiger partial charge in [-0.3, -0.25) is 14.2 Å². The normalized spacial score (nSPS) is 12.4. The number of thiazole rings is 1. The summed E-state index contributed by atoms with van der Waals surface area (Å²) in [6.07, 6.45) is 1.16. The van der Waals surface area contributed by atoms with Gasteiger partial charge in [-0.15, -0.1) is 11.3 Å². The summed E-state index contributed by atoms with van der Waals surface area (Å²) in [6, 6.07) is -0.505. The van der Waals surface area contributed by atoms with Crippen LogP contribution in [0.15, 0.2) is 21.2 Å².